The Hall–Kier alpha value is -2.04. The molecule has 1 unspecified atom stereocenters. The quantitative estimate of drug-likeness (QED) is 0.831. The zero-order valence-electron chi connectivity index (χ0n) is 14.1. The summed E-state index contributed by atoms with van der Waals surface area (Å²) < 4.78 is 0. The van der Waals surface area contributed by atoms with Gasteiger partial charge in [-0.05, 0) is 19.8 Å². The van der Waals surface area contributed by atoms with E-state index in [-0.39, 0.29) is 0 Å². The van der Waals surface area contributed by atoms with E-state index in [1.165, 1.54) is 10.7 Å². The number of aryl methyl sites for hydroxylation is 1. The summed E-state index contributed by atoms with van der Waals surface area (Å²) in [5, 5.41) is 12.6. The van der Waals surface area contributed by atoms with Gasteiger partial charge in [0.2, 0.25) is 0 Å². The number of hydrogen-bond acceptors (Lipinski definition) is 7. The highest BCUT2D eigenvalue weighted by molar-refractivity contribution is 7.09. The van der Waals surface area contributed by atoms with E-state index in [0.717, 1.165) is 39.0 Å². The molecule has 126 valence electrons. The predicted octanol–water partition coefficient (Wildman–Crippen LogP) is 2.47. The lowest BCUT2D eigenvalue weighted by Crippen LogP contribution is -2.52. The third-order valence-corrected chi connectivity index (χ3v) is 5.24. The molecule has 1 fully saturated rings. The number of rotatable bonds is 5. The molecule has 7 heteroatoms. The van der Waals surface area contributed by atoms with Crippen molar-refractivity contribution in [2.45, 2.75) is 39.3 Å². The zero-order valence-corrected chi connectivity index (χ0v) is 15.0. The lowest BCUT2D eigenvalue weighted by atomic mass is 10.1. The molecule has 0 bridgehead atoms. The predicted molar refractivity (Wildman–Crippen MR) is 94.9 cm³/mol. The fourth-order valence-corrected chi connectivity index (χ4v) is 3.91. The first-order valence-electron chi connectivity index (χ1n) is 8.34. The first-order chi connectivity index (χ1) is 11.7. The minimum Gasteiger partial charge on any atom is -0.351 e. The van der Waals surface area contributed by atoms with Crippen LogP contribution in [0.15, 0.2) is 17.8 Å². The topological polar surface area (TPSA) is 68.9 Å². The Morgan fingerprint density at radius 3 is 2.92 bits per heavy atom. The van der Waals surface area contributed by atoms with Crippen molar-refractivity contribution in [3.63, 3.8) is 0 Å². The molecule has 1 saturated heterocycles. The van der Waals surface area contributed by atoms with Crippen molar-refractivity contribution >= 4 is 17.2 Å². The number of aromatic nitrogens is 3. The third-order valence-electron chi connectivity index (χ3n) is 4.28. The highest BCUT2D eigenvalue weighted by Crippen LogP contribution is 2.21. The van der Waals surface area contributed by atoms with Gasteiger partial charge in [0.15, 0.2) is 11.5 Å². The lowest BCUT2D eigenvalue weighted by Gasteiger charge is -2.40. The maximum atomic E-state index is 9.21. The summed E-state index contributed by atoms with van der Waals surface area (Å²) in [6.07, 6.45) is 5.43. The van der Waals surface area contributed by atoms with Crippen LogP contribution in [0.3, 0.4) is 0 Å². The van der Waals surface area contributed by atoms with Crippen LogP contribution in [0.4, 0.5) is 5.82 Å². The van der Waals surface area contributed by atoms with Crippen LogP contribution >= 0.6 is 11.3 Å². The number of hydrogen-bond donors (Lipinski definition) is 0. The van der Waals surface area contributed by atoms with Gasteiger partial charge in [0.25, 0.3) is 0 Å². The molecule has 0 aliphatic carbocycles. The molecule has 0 amide bonds. The van der Waals surface area contributed by atoms with Gasteiger partial charge >= 0.3 is 0 Å². The maximum Gasteiger partial charge on any atom is 0.183 e. The smallest absolute Gasteiger partial charge is 0.183 e. The van der Waals surface area contributed by atoms with Crippen molar-refractivity contribution in [2.75, 3.05) is 24.5 Å². The number of thiazole rings is 1. The largest absolute Gasteiger partial charge is 0.351 e. The molecule has 24 heavy (non-hydrogen) atoms. The Kier molecular flexibility index (Phi) is 5.38. The second-order valence-electron chi connectivity index (χ2n) is 6.09. The second-order valence-corrected chi connectivity index (χ2v) is 7.03. The van der Waals surface area contributed by atoms with Gasteiger partial charge in [-0.3, -0.25) is 4.90 Å². The second kappa shape index (κ2) is 7.69. The molecule has 6 nitrogen and oxygen atoms in total. The Bertz CT molecular complexity index is 722. The molecule has 3 heterocycles. The molecule has 1 aliphatic rings. The van der Waals surface area contributed by atoms with Crippen LogP contribution in [-0.4, -0.2) is 45.5 Å². The van der Waals surface area contributed by atoms with Gasteiger partial charge in [0, 0.05) is 50.0 Å². The van der Waals surface area contributed by atoms with E-state index in [9.17, 15) is 5.26 Å². The number of anilines is 1. The first kappa shape index (κ1) is 16.8. The lowest BCUT2D eigenvalue weighted by molar-refractivity contribution is 0.178. The van der Waals surface area contributed by atoms with Crippen LogP contribution in [0.5, 0.6) is 0 Å². The first-order valence-corrected chi connectivity index (χ1v) is 9.22. The summed E-state index contributed by atoms with van der Waals surface area (Å²) in [6.45, 7) is 7.92. The van der Waals surface area contributed by atoms with E-state index in [2.05, 4.69) is 45.1 Å². The molecule has 0 saturated carbocycles. The number of nitriles is 1. The minimum absolute atomic E-state index is 0.378. The van der Waals surface area contributed by atoms with Gasteiger partial charge in [0.05, 0.1) is 10.7 Å². The van der Waals surface area contributed by atoms with E-state index in [1.807, 2.05) is 0 Å². The molecule has 0 spiro atoms. The molecule has 0 N–H and O–H groups in total. The van der Waals surface area contributed by atoms with E-state index in [1.54, 1.807) is 23.7 Å². The average Bonchev–Trinajstić information content (AvgIpc) is 3.04. The van der Waals surface area contributed by atoms with Crippen LogP contribution < -0.4 is 4.90 Å². The van der Waals surface area contributed by atoms with Crippen molar-refractivity contribution < 1.29 is 0 Å². The molecule has 0 radical (unpaired) electrons. The van der Waals surface area contributed by atoms with Crippen molar-refractivity contribution in [3.8, 4) is 6.07 Å². The molecular formula is C17H22N6S. The summed E-state index contributed by atoms with van der Waals surface area (Å²) in [6, 6.07) is 2.51. The van der Waals surface area contributed by atoms with Crippen LogP contribution in [0.1, 0.15) is 36.7 Å². The molecule has 2 aromatic rings. The van der Waals surface area contributed by atoms with Gasteiger partial charge in [-0.25, -0.2) is 15.0 Å². The van der Waals surface area contributed by atoms with Crippen LogP contribution in [-0.2, 0) is 13.0 Å². The van der Waals surface area contributed by atoms with E-state index < -0.39 is 0 Å². The van der Waals surface area contributed by atoms with Crippen LogP contribution in [0.25, 0.3) is 0 Å². The SMILES string of the molecule is CCCc1nc(CN2CCN(c3nccnc3C#N)CC2C)cs1. The van der Waals surface area contributed by atoms with Crippen molar-refractivity contribution in [2.24, 2.45) is 0 Å². The fourth-order valence-electron chi connectivity index (χ4n) is 3.02. The highest BCUT2D eigenvalue weighted by atomic mass is 32.1. The Labute approximate surface area is 146 Å². The third kappa shape index (κ3) is 3.71. The van der Waals surface area contributed by atoms with Gasteiger partial charge in [0.1, 0.15) is 6.07 Å². The van der Waals surface area contributed by atoms with Gasteiger partial charge < -0.3 is 4.90 Å². The summed E-state index contributed by atoms with van der Waals surface area (Å²) in [5.41, 5.74) is 1.57. The van der Waals surface area contributed by atoms with Gasteiger partial charge in [-0.15, -0.1) is 11.3 Å². The van der Waals surface area contributed by atoms with Crippen molar-refractivity contribution in [1.82, 2.24) is 19.9 Å². The van der Waals surface area contributed by atoms with Crippen molar-refractivity contribution in [3.05, 3.63) is 34.2 Å². The Morgan fingerprint density at radius 2 is 2.17 bits per heavy atom. The average molecular weight is 342 g/mol. The normalized spacial score (nSPS) is 18.5. The molecule has 0 aromatic carbocycles. The molecular weight excluding hydrogens is 320 g/mol. The Morgan fingerprint density at radius 1 is 1.33 bits per heavy atom. The number of piperazine rings is 1. The molecule has 1 atom stereocenters. The van der Waals surface area contributed by atoms with E-state index in [0.29, 0.717) is 17.6 Å². The fraction of sp³-hybridized carbons (Fsp3) is 0.529. The van der Waals surface area contributed by atoms with Crippen LogP contribution in [0.2, 0.25) is 0 Å². The number of nitrogens with zero attached hydrogens (tertiary/aromatic N) is 6. The maximum absolute atomic E-state index is 9.21. The zero-order chi connectivity index (χ0) is 16.9. The summed E-state index contributed by atoms with van der Waals surface area (Å²) in [4.78, 5) is 17.8. The minimum atomic E-state index is 0.378. The van der Waals surface area contributed by atoms with Gasteiger partial charge in [-0.1, -0.05) is 6.92 Å². The molecule has 1 aliphatic heterocycles. The monoisotopic (exact) mass is 342 g/mol. The summed E-state index contributed by atoms with van der Waals surface area (Å²) in [7, 11) is 0. The van der Waals surface area contributed by atoms with E-state index in [4.69, 9.17) is 4.98 Å². The van der Waals surface area contributed by atoms with Crippen molar-refractivity contribution in [1.29, 1.82) is 5.26 Å². The van der Waals surface area contributed by atoms with E-state index >= 15 is 0 Å². The Balaban J connectivity index is 1.63. The summed E-state index contributed by atoms with van der Waals surface area (Å²) in [5.74, 6) is 0.699. The van der Waals surface area contributed by atoms with Gasteiger partial charge in [-0.2, -0.15) is 5.26 Å². The highest BCUT2D eigenvalue weighted by Gasteiger charge is 2.26. The standard InChI is InChI=1S/C17H22N6S/c1-3-4-16-21-14(12-24-16)11-22-7-8-23(10-13(22)2)17-15(9-18)19-5-6-20-17/h5-6,12-13H,3-4,7-8,10-11H2,1-2H3. The van der Waals surface area contributed by atoms with Crippen LogP contribution in [0, 0.1) is 11.3 Å². The summed E-state index contributed by atoms with van der Waals surface area (Å²) >= 11 is 1.76. The molecule has 2 aromatic heterocycles. The molecule has 3 rings (SSSR count).